The van der Waals surface area contributed by atoms with Crippen molar-refractivity contribution in [3.05, 3.63) is 0 Å². The molecule has 32 heavy (non-hydrogen) atoms. The van der Waals surface area contributed by atoms with E-state index in [-0.39, 0.29) is 17.8 Å². The van der Waals surface area contributed by atoms with Crippen molar-refractivity contribution in [1.82, 2.24) is 0 Å². The van der Waals surface area contributed by atoms with Gasteiger partial charge in [-0.15, -0.1) is 0 Å². The van der Waals surface area contributed by atoms with E-state index in [0.717, 1.165) is 57.8 Å². The fourth-order valence-electron chi connectivity index (χ4n) is 2.82. The van der Waals surface area contributed by atoms with Crippen LogP contribution in [0.15, 0.2) is 0 Å². The van der Waals surface area contributed by atoms with Gasteiger partial charge in [0.2, 0.25) is 0 Å². The summed E-state index contributed by atoms with van der Waals surface area (Å²) in [4.78, 5) is 33.1. The predicted octanol–water partition coefficient (Wildman–Crippen LogP) is 3.06. The minimum absolute atomic E-state index is 0.222. The Balaban J connectivity index is -0.000000176. The molecule has 0 aromatic heterocycles. The quantitative estimate of drug-likeness (QED) is 0.283. The third kappa shape index (κ3) is 27.2. The molecule has 6 nitrogen and oxygen atoms in total. The number of carboxylic acids is 3. The third-order valence-electron chi connectivity index (χ3n) is 5.20. The van der Waals surface area contributed by atoms with E-state index in [1.807, 2.05) is 20.8 Å². The Morgan fingerprint density at radius 3 is 0.812 bits per heavy atom. The average molecular weight is 563 g/mol. The normalized spacial score (nSPS) is 12.4. The predicted molar refractivity (Wildman–Crippen MR) is 127 cm³/mol. The van der Waals surface area contributed by atoms with Crippen LogP contribution in [0.2, 0.25) is 4.94 Å². The minimum atomic E-state index is -0.893. The van der Waals surface area contributed by atoms with E-state index < -0.39 is 17.9 Å². The van der Waals surface area contributed by atoms with Gasteiger partial charge < -0.3 is 29.7 Å². The second-order valence-electron chi connectivity index (χ2n) is 7.70. The summed E-state index contributed by atoms with van der Waals surface area (Å²) in [5, 5.41) is 31.0. The topological polar surface area (TPSA) is 120 Å². The maximum absolute atomic E-state index is 10.3. The van der Waals surface area contributed by atoms with E-state index in [0.29, 0.717) is 19.3 Å². The first-order chi connectivity index (χ1) is 15.2. The van der Waals surface area contributed by atoms with Gasteiger partial charge in [0.25, 0.3) is 0 Å². The molecular formula is C25H48O6Sn. The molecule has 0 bridgehead atoms. The van der Waals surface area contributed by atoms with Crippen molar-refractivity contribution in [3.63, 3.8) is 0 Å². The third-order valence-corrected chi connectivity index (χ3v) is 5.20. The zero-order valence-electron chi connectivity index (χ0n) is 21.7. The second kappa shape index (κ2) is 30.2. The molecule has 0 aliphatic rings. The molecule has 0 heterocycles. The van der Waals surface area contributed by atoms with Crippen LogP contribution in [0.5, 0.6) is 0 Å². The molecule has 0 saturated carbocycles. The van der Waals surface area contributed by atoms with Crippen molar-refractivity contribution >= 4 is 40.4 Å². The summed E-state index contributed by atoms with van der Waals surface area (Å²) in [6.45, 7) is 11.8. The van der Waals surface area contributed by atoms with Gasteiger partial charge in [-0.25, -0.2) is 0 Å². The molecule has 0 N–H and O–H groups in total. The number of hydrogen-bond acceptors (Lipinski definition) is 6. The molecule has 3 unspecified atom stereocenters. The number of carbonyl (C=O) groups excluding carboxylic acids is 3. The van der Waals surface area contributed by atoms with Crippen molar-refractivity contribution in [1.29, 1.82) is 0 Å². The second-order valence-corrected chi connectivity index (χ2v) is 7.70. The van der Waals surface area contributed by atoms with Crippen LogP contribution in [0.3, 0.4) is 0 Å². The first kappa shape index (κ1) is 38.5. The van der Waals surface area contributed by atoms with Crippen LogP contribution >= 0.6 is 0 Å². The van der Waals surface area contributed by atoms with Crippen molar-refractivity contribution < 1.29 is 29.7 Å². The first-order valence-corrected chi connectivity index (χ1v) is 15.1. The molecule has 0 aromatic rings. The molecule has 0 aliphatic carbocycles. The van der Waals surface area contributed by atoms with Crippen LogP contribution in [0.4, 0.5) is 0 Å². The summed E-state index contributed by atoms with van der Waals surface area (Å²) in [6.07, 6.45) is 10.6. The average Bonchev–Trinajstić information content (AvgIpc) is 2.77. The number of carboxylic acid groups (broad SMARTS) is 3. The van der Waals surface area contributed by atoms with Crippen LogP contribution in [-0.4, -0.2) is 40.4 Å². The van der Waals surface area contributed by atoms with E-state index in [1.54, 1.807) is 22.5 Å². The summed E-state index contributed by atoms with van der Waals surface area (Å²) in [6, 6.07) is 0. The van der Waals surface area contributed by atoms with E-state index in [9.17, 15) is 29.7 Å². The van der Waals surface area contributed by atoms with Gasteiger partial charge in [0, 0.05) is 17.9 Å². The van der Waals surface area contributed by atoms with Crippen LogP contribution in [0, 0.1) is 17.8 Å². The van der Waals surface area contributed by atoms with Crippen LogP contribution in [0.1, 0.15) is 119 Å². The van der Waals surface area contributed by atoms with E-state index in [2.05, 4.69) is 25.7 Å². The van der Waals surface area contributed by atoms with Crippen LogP contribution in [0.25, 0.3) is 0 Å². The molecular weight excluding hydrogens is 515 g/mol. The van der Waals surface area contributed by atoms with Gasteiger partial charge >= 0.3 is 27.5 Å². The van der Waals surface area contributed by atoms with E-state index in [1.165, 1.54) is 0 Å². The van der Waals surface area contributed by atoms with Gasteiger partial charge in [-0.3, -0.25) is 0 Å². The Bertz CT molecular complexity index is 367. The molecule has 0 fully saturated rings. The van der Waals surface area contributed by atoms with Gasteiger partial charge in [0.15, 0.2) is 0 Å². The van der Waals surface area contributed by atoms with Crippen molar-refractivity contribution in [3.8, 4) is 0 Å². The zero-order valence-corrected chi connectivity index (χ0v) is 24.5. The van der Waals surface area contributed by atoms with E-state index in [4.69, 9.17) is 0 Å². The number of aliphatic carboxylic acids is 3. The molecule has 0 radical (unpaired) electrons. The zero-order chi connectivity index (χ0) is 25.9. The Morgan fingerprint density at radius 2 is 0.719 bits per heavy atom. The molecule has 3 atom stereocenters. The number of rotatable bonds is 15. The summed E-state index contributed by atoms with van der Waals surface area (Å²) in [5.74, 6) is -3.34. The molecule has 0 aliphatic heterocycles. The molecule has 0 spiro atoms. The number of unbranched alkanes of at least 4 members (excludes halogenated alkanes) is 3. The molecule has 7 heteroatoms. The summed E-state index contributed by atoms with van der Waals surface area (Å²) in [7, 11) is 0. The standard InChI is InChI=1S/3C8H16O2.CH3.Sn/c3*1-3-5-6-7(4-2)8(9)10;;/h3*7H,3-6H2,1-2H3,(H,9,10);1H3;/q;;;;+3/p-3. The van der Waals surface area contributed by atoms with Gasteiger partial charge in [-0.1, -0.05) is 80.1 Å². The molecule has 0 amide bonds. The fourth-order valence-corrected chi connectivity index (χ4v) is 2.82. The van der Waals surface area contributed by atoms with Crippen molar-refractivity contribution in [2.75, 3.05) is 0 Å². The SMILES string of the molecule is CCCCC(CC)C(=O)[O-].CCCCC(CC)C(=O)[O-].CCCCC(CC)C(=O)[O-].[CH3][Sn+3]. The Kier molecular flexibility index (Phi) is 36.3. The summed E-state index contributed by atoms with van der Waals surface area (Å²) < 4.78 is 0. The maximum atomic E-state index is 10.3. The Labute approximate surface area is 211 Å². The number of hydrogen-bond donors (Lipinski definition) is 0. The molecule has 0 saturated heterocycles. The van der Waals surface area contributed by atoms with Gasteiger partial charge in [0.05, 0.1) is 0 Å². The monoisotopic (exact) mass is 564 g/mol. The molecule has 188 valence electrons. The van der Waals surface area contributed by atoms with Crippen LogP contribution in [-0.2, 0) is 14.4 Å². The molecule has 0 rings (SSSR count). The van der Waals surface area contributed by atoms with Gasteiger partial charge in [-0.2, -0.15) is 0 Å². The summed E-state index contributed by atoms with van der Waals surface area (Å²) in [5.41, 5.74) is 0. The first-order valence-electron chi connectivity index (χ1n) is 12.3. The van der Waals surface area contributed by atoms with E-state index >= 15 is 0 Å². The van der Waals surface area contributed by atoms with Gasteiger partial charge in [-0.05, 0) is 56.3 Å². The fraction of sp³-hybridized carbons (Fsp3) is 0.880. The van der Waals surface area contributed by atoms with Gasteiger partial charge in [0.1, 0.15) is 0 Å². The van der Waals surface area contributed by atoms with Crippen molar-refractivity contribution in [2.24, 2.45) is 17.8 Å². The molecule has 0 aromatic carbocycles. The van der Waals surface area contributed by atoms with Crippen LogP contribution < -0.4 is 15.3 Å². The Morgan fingerprint density at radius 1 is 0.531 bits per heavy atom. The van der Waals surface area contributed by atoms with Crippen molar-refractivity contribution in [2.45, 2.75) is 124 Å². The summed E-state index contributed by atoms with van der Waals surface area (Å²) >= 11 is 1.55. The Hall–Kier alpha value is -0.791. The number of carbonyl (C=O) groups is 3.